The predicted octanol–water partition coefficient (Wildman–Crippen LogP) is 3.46. The maximum atomic E-state index is 14.9. The number of pyridine rings is 2. The molecule has 0 spiro atoms. The minimum absolute atomic E-state index is 0.0362. The first kappa shape index (κ1) is 27.8. The van der Waals surface area contributed by atoms with Crippen LogP contribution in [0.4, 0.5) is 39.7 Å². The molecule has 0 aliphatic carbocycles. The van der Waals surface area contributed by atoms with Gasteiger partial charge in [-0.05, 0) is 33.3 Å². The highest BCUT2D eigenvalue weighted by Gasteiger charge is 2.42. The maximum absolute atomic E-state index is 14.9. The van der Waals surface area contributed by atoms with Crippen LogP contribution in [0.25, 0.3) is 0 Å². The van der Waals surface area contributed by atoms with Crippen molar-refractivity contribution < 1.29 is 41.4 Å². The monoisotopic (exact) mass is 568 g/mol. The van der Waals surface area contributed by atoms with E-state index in [1.165, 1.54) is 17.2 Å². The van der Waals surface area contributed by atoms with Gasteiger partial charge in [0.2, 0.25) is 0 Å². The highest BCUT2D eigenvalue weighted by Crippen LogP contribution is 2.40. The van der Waals surface area contributed by atoms with Gasteiger partial charge in [-0.2, -0.15) is 13.2 Å². The summed E-state index contributed by atoms with van der Waals surface area (Å²) in [6.45, 7) is 5.83. The number of amides is 3. The Hall–Kier alpha value is -3.72. The molecule has 2 unspecified atom stereocenters. The number of ether oxygens (including phenoxy) is 3. The smallest absolute Gasteiger partial charge is 0.408 e. The standard InChI is InChI=1S/C25H28F4N6O5/c1-13(25(27,28)29)31-22(36)20-17(26)9-18-21(33-20)35(14-5-7-34(18)10-14)23(37)32-19-8-15(4-6-30-19)38-11-16-12-39-24(2,3)40-16/h4,6,8-9,13-14,16H,5,7,10-12H2,1-3H3,(H,31,36)(H,30,32,37)/t13?,14-,16?/m0/s1. The third-order valence-corrected chi connectivity index (χ3v) is 6.78. The van der Waals surface area contributed by atoms with Crippen LogP contribution in [0.2, 0.25) is 0 Å². The number of nitrogens with one attached hydrogen (secondary N) is 2. The highest BCUT2D eigenvalue weighted by molar-refractivity contribution is 6.05. The quantitative estimate of drug-likeness (QED) is 0.509. The first-order valence-corrected chi connectivity index (χ1v) is 12.6. The van der Waals surface area contributed by atoms with Gasteiger partial charge in [0.1, 0.15) is 30.3 Å². The number of carbonyl (C=O) groups excluding carboxylic acids is 2. The fraction of sp³-hybridized carbons (Fsp3) is 0.520. The lowest BCUT2D eigenvalue weighted by atomic mass is 10.1. The predicted molar refractivity (Wildman–Crippen MR) is 134 cm³/mol. The number of anilines is 3. The molecule has 2 saturated heterocycles. The van der Waals surface area contributed by atoms with Gasteiger partial charge < -0.3 is 24.4 Å². The Morgan fingerprint density at radius 2 is 2.08 bits per heavy atom. The summed E-state index contributed by atoms with van der Waals surface area (Å²) < 4.78 is 70.7. The fourth-order valence-electron chi connectivity index (χ4n) is 4.77. The Morgan fingerprint density at radius 1 is 1.30 bits per heavy atom. The second-order valence-corrected chi connectivity index (χ2v) is 10.2. The Labute approximate surface area is 226 Å². The van der Waals surface area contributed by atoms with E-state index in [0.717, 1.165) is 13.0 Å². The van der Waals surface area contributed by atoms with Gasteiger partial charge in [-0.15, -0.1) is 0 Å². The summed E-state index contributed by atoms with van der Waals surface area (Å²) in [4.78, 5) is 37.2. The minimum Gasteiger partial charge on any atom is -0.491 e. The van der Waals surface area contributed by atoms with Gasteiger partial charge in [-0.3, -0.25) is 15.0 Å². The number of alkyl halides is 3. The number of carbonyl (C=O) groups is 2. The van der Waals surface area contributed by atoms with E-state index in [1.54, 1.807) is 25.2 Å². The van der Waals surface area contributed by atoms with Gasteiger partial charge in [-0.1, -0.05) is 0 Å². The molecule has 11 nitrogen and oxygen atoms in total. The number of nitrogens with zero attached hydrogens (tertiary/aromatic N) is 4. The van der Waals surface area contributed by atoms with Gasteiger partial charge >= 0.3 is 12.2 Å². The molecule has 0 aromatic carbocycles. The van der Waals surface area contributed by atoms with E-state index in [0.29, 0.717) is 31.9 Å². The van der Waals surface area contributed by atoms with E-state index < -0.39 is 41.5 Å². The average Bonchev–Trinajstić information content (AvgIpc) is 3.45. The highest BCUT2D eigenvalue weighted by atomic mass is 19.4. The zero-order valence-electron chi connectivity index (χ0n) is 21.9. The molecule has 3 atom stereocenters. The van der Waals surface area contributed by atoms with Crippen molar-refractivity contribution in [3.05, 3.63) is 35.9 Å². The van der Waals surface area contributed by atoms with E-state index >= 15 is 0 Å². The van der Waals surface area contributed by atoms with Crippen LogP contribution in [0.15, 0.2) is 24.4 Å². The third kappa shape index (κ3) is 5.75. The van der Waals surface area contributed by atoms with Crippen LogP contribution in [0.1, 0.15) is 37.7 Å². The number of hydrogen-bond acceptors (Lipinski definition) is 8. The molecule has 0 radical (unpaired) electrons. The second kappa shape index (κ2) is 10.4. The number of halogens is 4. The first-order valence-electron chi connectivity index (χ1n) is 12.6. The largest absolute Gasteiger partial charge is 0.491 e. The summed E-state index contributed by atoms with van der Waals surface area (Å²) in [5, 5.41) is 4.38. The van der Waals surface area contributed by atoms with Crippen molar-refractivity contribution in [2.75, 3.05) is 41.4 Å². The molecule has 3 aliphatic heterocycles. The van der Waals surface area contributed by atoms with Gasteiger partial charge in [0.15, 0.2) is 23.1 Å². The molecular formula is C25H28F4N6O5. The van der Waals surface area contributed by atoms with Crippen LogP contribution in [0.3, 0.4) is 0 Å². The molecule has 2 N–H and O–H groups in total. The van der Waals surface area contributed by atoms with E-state index in [4.69, 9.17) is 14.2 Å². The van der Waals surface area contributed by atoms with Crippen molar-refractivity contribution in [2.24, 2.45) is 0 Å². The Bertz CT molecular complexity index is 1310. The van der Waals surface area contributed by atoms with Crippen molar-refractivity contribution in [2.45, 2.75) is 57.3 Å². The second-order valence-electron chi connectivity index (χ2n) is 10.2. The van der Waals surface area contributed by atoms with E-state index in [1.807, 2.05) is 4.90 Å². The zero-order valence-corrected chi connectivity index (χ0v) is 21.9. The lowest BCUT2D eigenvalue weighted by Gasteiger charge is -2.35. The topological polar surface area (TPSA) is 118 Å². The van der Waals surface area contributed by atoms with Crippen molar-refractivity contribution in [1.29, 1.82) is 0 Å². The molecule has 5 heterocycles. The average molecular weight is 569 g/mol. The molecule has 2 aromatic rings. The zero-order chi connectivity index (χ0) is 28.8. The summed E-state index contributed by atoms with van der Waals surface area (Å²) >= 11 is 0. The number of aromatic nitrogens is 2. The summed E-state index contributed by atoms with van der Waals surface area (Å²) in [5.41, 5.74) is -0.585. The summed E-state index contributed by atoms with van der Waals surface area (Å²) in [7, 11) is 0. The molecule has 2 fully saturated rings. The number of rotatable bonds is 6. The Morgan fingerprint density at radius 3 is 2.77 bits per heavy atom. The molecule has 3 amide bonds. The normalized spacial score (nSPS) is 22.1. The van der Waals surface area contributed by atoms with Crippen molar-refractivity contribution in [3.8, 4) is 5.75 Å². The lowest BCUT2D eigenvalue weighted by Crippen LogP contribution is -2.49. The van der Waals surface area contributed by atoms with Gasteiger partial charge in [0, 0.05) is 31.4 Å². The van der Waals surface area contributed by atoms with Gasteiger partial charge in [0.25, 0.3) is 5.91 Å². The molecule has 5 rings (SSSR count). The molecule has 3 aliphatic rings. The number of hydrogen-bond donors (Lipinski definition) is 2. The molecule has 40 heavy (non-hydrogen) atoms. The van der Waals surface area contributed by atoms with Crippen LogP contribution in [-0.4, -0.2) is 78.4 Å². The maximum Gasteiger partial charge on any atom is 0.408 e. The summed E-state index contributed by atoms with van der Waals surface area (Å²) in [6, 6.07) is 0.897. The SMILES string of the molecule is CC(NC(=O)c1nc2c(cc1F)N1CC[C@@H](C1)N2C(=O)Nc1cc(OCC2COC(C)(C)O2)ccn1)C(F)(F)F. The van der Waals surface area contributed by atoms with E-state index in [9.17, 15) is 27.2 Å². The van der Waals surface area contributed by atoms with Crippen LogP contribution >= 0.6 is 0 Å². The number of fused-ring (bicyclic) bond motifs is 4. The van der Waals surface area contributed by atoms with Crippen LogP contribution in [0, 0.1) is 5.82 Å². The minimum atomic E-state index is -4.73. The Balaban J connectivity index is 1.34. The molecule has 2 aromatic heterocycles. The van der Waals surface area contributed by atoms with Gasteiger partial charge in [0.05, 0.1) is 18.3 Å². The summed E-state index contributed by atoms with van der Waals surface area (Å²) in [6.07, 6.45) is -3.01. The van der Waals surface area contributed by atoms with Crippen LogP contribution in [0.5, 0.6) is 5.75 Å². The van der Waals surface area contributed by atoms with Crippen molar-refractivity contribution in [1.82, 2.24) is 15.3 Å². The number of urea groups is 1. The molecule has 0 saturated carbocycles. The lowest BCUT2D eigenvalue weighted by molar-refractivity contribution is -0.149. The fourth-order valence-corrected chi connectivity index (χ4v) is 4.77. The Kier molecular flexibility index (Phi) is 7.20. The van der Waals surface area contributed by atoms with Crippen LogP contribution < -0.4 is 25.2 Å². The van der Waals surface area contributed by atoms with E-state index in [-0.39, 0.29) is 36.1 Å². The van der Waals surface area contributed by atoms with E-state index in [2.05, 4.69) is 15.3 Å². The molecular weight excluding hydrogens is 540 g/mol. The molecule has 2 bridgehead atoms. The third-order valence-electron chi connectivity index (χ3n) is 6.78. The summed E-state index contributed by atoms with van der Waals surface area (Å²) in [5.74, 6) is -2.59. The van der Waals surface area contributed by atoms with Gasteiger partial charge in [-0.25, -0.2) is 19.2 Å². The van der Waals surface area contributed by atoms with Crippen molar-refractivity contribution >= 4 is 29.3 Å². The molecule has 216 valence electrons. The molecule has 15 heteroatoms. The van der Waals surface area contributed by atoms with Crippen molar-refractivity contribution in [3.63, 3.8) is 0 Å². The first-order chi connectivity index (χ1) is 18.8. The van der Waals surface area contributed by atoms with Crippen LogP contribution in [-0.2, 0) is 9.47 Å².